The fourth-order valence-corrected chi connectivity index (χ4v) is 2.80. The Morgan fingerprint density at radius 2 is 1.60 bits per heavy atom. The van der Waals surface area contributed by atoms with Crippen LogP contribution in [0, 0.1) is 0 Å². The van der Waals surface area contributed by atoms with Gasteiger partial charge in [-0.05, 0) is 19.8 Å². The molecule has 15 heavy (non-hydrogen) atoms. The molecule has 1 N–H and O–H groups in total. The van der Waals surface area contributed by atoms with Gasteiger partial charge in [-0.15, -0.1) is 0 Å². The summed E-state index contributed by atoms with van der Waals surface area (Å²) in [6.45, 7) is 3.92. The van der Waals surface area contributed by atoms with Gasteiger partial charge in [0.15, 0.2) is 0 Å². The molecule has 0 bridgehead atoms. The highest BCUT2D eigenvalue weighted by Gasteiger charge is 2.08. The van der Waals surface area contributed by atoms with E-state index >= 15 is 0 Å². The summed E-state index contributed by atoms with van der Waals surface area (Å²) in [7, 11) is 0. The fraction of sp³-hybridized carbons (Fsp3) is 1.00. The maximum atomic E-state index is 11.3. The van der Waals surface area contributed by atoms with Crippen LogP contribution < -0.4 is 0 Å². The zero-order valence-corrected chi connectivity index (χ0v) is 11.0. The van der Waals surface area contributed by atoms with E-state index in [0.29, 0.717) is 5.75 Å². The molecule has 0 fully saturated rings. The minimum absolute atomic E-state index is 0.421. The number of rotatable bonds is 10. The Morgan fingerprint density at radius 3 is 2.13 bits per heavy atom. The van der Waals surface area contributed by atoms with Gasteiger partial charge in [0.05, 0.1) is 6.10 Å². The average molecular weight is 234 g/mol. The van der Waals surface area contributed by atoms with Crippen molar-refractivity contribution >= 4 is 11.2 Å². The minimum atomic E-state index is -0.809. The molecule has 0 aliphatic carbocycles. The Balaban J connectivity index is 3.09. The summed E-state index contributed by atoms with van der Waals surface area (Å²) < 4.78 is 11.3. The van der Waals surface area contributed by atoms with Crippen LogP contribution in [0.4, 0.5) is 0 Å². The van der Waals surface area contributed by atoms with E-state index in [2.05, 4.69) is 6.92 Å². The number of hydrogen-bond acceptors (Lipinski definition) is 2. The van der Waals surface area contributed by atoms with Gasteiger partial charge in [-0.25, -0.2) is 0 Å². The molecule has 0 amide bonds. The van der Waals surface area contributed by atoms with E-state index in [1.54, 1.807) is 6.92 Å². The summed E-state index contributed by atoms with van der Waals surface area (Å²) in [5.74, 6) is 1.20. The topological polar surface area (TPSA) is 43.3 Å². The second-order valence-electron chi connectivity index (χ2n) is 4.28. The number of unbranched alkanes of at least 4 members (excludes halogenated alkanes) is 6. The van der Waals surface area contributed by atoms with Crippen molar-refractivity contribution in [3.8, 4) is 0 Å². The Kier molecular flexibility index (Phi) is 11.0. The molecule has 2 unspecified atom stereocenters. The fourth-order valence-electron chi connectivity index (χ4n) is 1.57. The predicted molar refractivity (Wildman–Crippen MR) is 67.6 cm³/mol. The highest BCUT2D eigenvalue weighted by Crippen LogP contribution is 2.08. The lowest BCUT2D eigenvalue weighted by atomic mass is 10.1. The van der Waals surface area contributed by atoms with Crippen molar-refractivity contribution in [2.45, 2.75) is 64.9 Å². The van der Waals surface area contributed by atoms with Crippen LogP contribution in [0.25, 0.3) is 0 Å². The summed E-state index contributed by atoms with van der Waals surface area (Å²) in [5, 5.41) is 9.03. The van der Waals surface area contributed by atoms with E-state index in [1.165, 1.54) is 38.5 Å². The van der Waals surface area contributed by atoms with E-state index in [-0.39, 0.29) is 0 Å². The van der Waals surface area contributed by atoms with Crippen LogP contribution in [-0.2, 0) is 11.2 Å². The number of hydrogen-bond donors (Lipinski definition) is 1. The third-order valence-corrected chi connectivity index (χ3v) is 4.00. The first-order chi connectivity index (χ1) is 7.16. The largest absolute Gasteiger partial charge is 0.616 e. The molecule has 0 saturated carbocycles. The third-order valence-electron chi connectivity index (χ3n) is 2.40. The van der Waals surface area contributed by atoms with Gasteiger partial charge in [-0.2, -0.15) is 0 Å². The molecular weight excluding hydrogens is 208 g/mol. The van der Waals surface area contributed by atoms with Crippen molar-refractivity contribution in [1.82, 2.24) is 0 Å². The van der Waals surface area contributed by atoms with Crippen molar-refractivity contribution in [2.75, 3.05) is 11.5 Å². The highest BCUT2D eigenvalue weighted by atomic mass is 32.2. The summed E-state index contributed by atoms with van der Waals surface area (Å²) in [6.07, 6.45) is 8.37. The number of aliphatic hydroxyl groups excluding tert-OH is 1. The second-order valence-corrected chi connectivity index (χ2v) is 5.90. The molecule has 0 aliphatic rings. The smallest absolute Gasteiger partial charge is 0.131 e. The van der Waals surface area contributed by atoms with E-state index in [9.17, 15) is 4.55 Å². The zero-order chi connectivity index (χ0) is 11.5. The highest BCUT2D eigenvalue weighted by molar-refractivity contribution is 7.91. The van der Waals surface area contributed by atoms with Gasteiger partial charge >= 0.3 is 0 Å². The van der Waals surface area contributed by atoms with E-state index in [1.807, 2.05) is 0 Å². The van der Waals surface area contributed by atoms with E-state index in [4.69, 9.17) is 5.11 Å². The summed E-state index contributed by atoms with van der Waals surface area (Å²) in [6, 6.07) is 0. The van der Waals surface area contributed by atoms with Gasteiger partial charge in [-0.1, -0.05) is 50.2 Å². The molecule has 0 rings (SSSR count). The molecule has 0 saturated heterocycles. The molecule has 3 heteroatoms. The van der Waals surface area contributed by atoms with Crippen LogP contribution >= 0.6 is 0 Å². The second kappa shape index (κ2) is 10.8. The molecule has 0 aromatic carbocycles. The SMILES string of the molecule is CCCCCCCCC[S+]([O-])CC(C)O. The van der Waals surface area contributed by atoms with Gasteiger partial charge in [0, 0.05) is 0 Å². The van der Waals surface area contributed by atoms with Crippen LogP contribution in [-0.4, -0.2) is 27.3 Å². The first kappa shape index (κ1) is 15.3. The van der Waals surface area contributed by atoms with Gasteiger partial charge in [-0.3, -0.25) is 0 Å². The maximum absolute atomic E-state index is 11.3. The lowest BCUT2D eigenvalue weighted by molar-refractivity contribution is 0.218. The Hall–Kier alpha value is 0.270. The van der Waals surface area contributed by atoms with Gasteiger partial charge < -0.3 is 9.66 Å². The van der Waals surface area contributed by atoms with Crippen molar-refractivity contribution in [3.05, 3.63) is 0 Å². The van der Waals surface area contributed by atoms with Crippen LogP contribution in [0.5, 0.6) is 0 Å². The van der Waals surface area contributed by atoms with Crippen LogP contribution in [0.1, 0.15) is 58.8 Å². The summed E-state index contributed by atoms with van der Waals surface area (Å²) in [5.41, 5.74) is 0. The van der Waals surface area contributed by atoms with E-state index < -0.39 is 17.3 Å². The first-order valence-corrected chi connectivity index (χ1v) is 7.68. The molecule has 92 valence electrons. The molecule has 2 atom stereocenters. The lowest BCUT2D eigenvalue weighted by Gasteiger charge is -2.12. The van der Waals surface area contributed by atoms with Crippen molar-refractivity contribution in [1.29, 1.82) is 0 Å². The molecule has 0 aromatic heterocycles. The van der Waals surface area contributed by atoms with Crippen molar-refractivity contribution in [2.24, 2.45) is 0 Å². The molecule has 0 aliphatic heterocycles. The first-order valence-electron chi connectivity index (χ1n) is 6.19. The van der Waals surface area contributed by atoms with Crippen molar-refractivity contribution in [3.63, 3.8) is 0 Å². The van der Waals surface area contributed by atoms with Crippen LogP contribution in [0.2, 0.25) is 0 Å². The summed E-state index contributed by atoms with van der Waals surface area (Å²) >= 11 is -0.809. The Bertz CT molecular complexity index is 129. The zero-order valence-electron chi connectivity index (χ0n) is 10.2. The van der Waals surface area contributed by atoms with Gasteiger partial charge in [0.2, 0.25) is 0 Å². The van der Waals surface area contributed by atoms with Crippen molar-refractivity contribution < 1.29 is 9.66 Å². The minimum Gasteiger partial charge on any atom is -0.616 e. The predicted octanol–water partition coefficient (Wildman–Crippen LogP) is 2.87. The number of aliphatic hydroxyl groups is 1. The standard InChI is InChI=1S/C12H26O2S/c1-3-4-5-6-7-8-9-10-15(14)11-12(2)13/h12-13H,3-11H2,1-2H3. The normalized spacial score (nSPS) is 15.2. The Labute approximate surface area is 97.6 Å². The molecule has 0 aromatic rings. The molecule has 0 spiro atoms. The Morgan fingerprint density at radius 1 is 1.07 bits per heavy atom. The summed E-state index contributed by atoms with van der Waals surface area (Å²) in [4.78, 5) is 0. The van der Waals surface area contributed by atoms with Gasteiger partial charge in [0.1, 0.15) is 11.5 Å². The average Bonchev–Trinajstić information content (AvgIpc) is 2.15. The monoisotopic (exact) mass is 234 g/mol. The quantitative estimate of drug-likeness (QED) is 0.466. The third kappa shape index (κ3) is 12.2. The molecular formula is C12H26O2S. The van der Waals surface area contributed by atoms with Gasteiger partial charge in [0.25, 0.3) is 0 Å². The molecule has 2 nitrogen and oxygen atoms in total. The molecule has 0 heterocycles. The van der Waals surface area contributed by atoms with Crippen LogP contribution in [0.15, 0.2) is 0 Å². The van der Waals surface area contributed by atoms with E-state index in [0.717, 1.165) is 12.2 Å². The van der Waals surface area contributed by atoms with Crippen LogP contribution in [0.3, 0.4) is 0 Å². The lowest BCUT2D eigenvalue weighted by Crippen LogP contribution is -2.20. The maximum Gasteiger partial charge on any atom is 0.131 e. The molecule has 0 radical (unpaired) electrons.